The summed E-state index contributed by atoms with van der Waals surface area (Å²) in [7, 11) is -3.96. The number of hydrogen-bond acceptors (Lipinski definition) is 6. The minimum Gasteiger partial charge on any atom is -0.335 e. The van der Waals surface area contributed by atoms with Gasteiger partial charge >= 0.3 is 6.03 Å². The van der Waals surface area contributed by atoms with E-state index in [0.717, 1.165) is 43.4 Å². The standard InChI is InChI=1S/C21H27N5O4S/c1-15-13-23-19(14-22-15)25-20(27)12-9-16-7-10-18(11-8-16)31(29,30)26-21(28)24-17-5-3-2-4-6-17/h7-8,10-11,13-14,17H,2-6,9,12H2,1H3,(H,23,25,27)(H2,24,26,28). The zero-order valence-electron chi connectivity index (χ0n) is 17.4. The molecule has 1 heterocycles. The molecule has 0 spiro atoms. The van der Waals surface area contributed by atoms with Gasteiger partial charge < -0.3 is 10.6 Å². The molecule has 1 aliphatic rings. The highest BCUT2D eigenvalue weighted by atomic mass is 32.2. The highest BCUT2D eigenvalue weighted by Gasteiger charge is 2.21. The molecule has 3 amide bonds. The van der Waals surface area contributed by atoms with E-state index in [1.807, 2.05) is 0 Å². The first-order valence-electron chi connectivity index (χ1n) is 10.3. The van der Waals surface area contributed by atoms with Crippen molar-refractivity contribution in [3.05, 3.63) is 47.9 Å². The van der Waals surface area contributed by atoms with Gasteiger partial charge in [-0.1, -0.05) is 31.4 Å². The monoisotopic (exact) mass is 445 g/mol. The number of sulfonamides is 1. The topological polar surface area (TPSA) is 130 Å². The van der Waals surface area contributed by atoms with Crippen molar-refractivity contribution >= 4 is 27.8 Å². The second-order valence-electron chi connectivity index (χ2n) is 7.65. The summed E-state index contributed by atoms with van der Waals surface area (Å²) in [4.78, 5) is 32.2. The van der Waals surface area contributed by atoms with Gasteiger partial charge in [-0.05, 0) is 43.9 Å². The second-order valence-corrected chi connectivity index (χ2v) is 9.33. The molecule has 0 bridgehead atoms. The lowest BCUT2D eigenvalue weighted by Crippen LogP contribution is -2.45. The molecule has 1 aromatic heterocycles. The fraction of sp³-hybridized carbons (Fsp3) is 0.429. The predicted octanol–water partition coefficient (Wildman–Crippen LogP) is 2.68. The highest BCUT2D eigenvalue weighted by Crippen LogP contribution is 2.17. The van der Waals surface area contributed by atoms with E-state index in [4.69, 9.17) is 0 Å². The van der Waals surface area contributed by atoms with Gasteiger partial charge in [0.15, 0.2) is 5.82 Å². The van der Waals surface area contributed by atoms with Crippen LogP contribution in [-0.2, 0) is 21.2 Å². The number of urea groups is 1. The molecule has 3 N–H and O–H groups in total. The van der Waals surface area contributed by atoms with Crippen LogP contribution in [-0.4, -0.2) is 36.4 Å². The van der Waals surface area contributed by atoms with Gasteiger partial charge in [-0.25, -0.2) is 22.9 Å². The number of benzene rings is 1. The first-order valence-corrected chi connectivity index (χ1v) is 11.8. The fourth-order valence-corrected chi connectivity index (χ4v) is 4.31. The number of rotatable bonds is 7. The molecular formula is C21H27N5O4S. The van der Waals surface area contributed by atoms with Gasteiger partial charge in [0, 0.05) is 12.5 Å². The third-order valence-electron chi connectivity index (χ3n) is 5.09. The Morgan fingerprint density at radius 1 is 1.03 bits per heavy atom. The van der Waals surface area contributed by atoms with Crippen LogP contribution in [0.5, 0.6) is 0 Å². The molecule has 3 rings (SSSR count). The van der Waals surface area contributed by atoms with Crippen molar-refractivity contribution in [2.45, 2.75) is 62.8 Å². The van der Waals surface area contributed by atoms with Crippen LogP contribution in [0.3, 0.4) is 0 Å². The Kier molecular flexibility index (Phi) is 7.56. The van der Waals surface area contributed by atoms with Crippen molar-refractivity contribution in [1.29, 1.82) is 0 Å². The average molecular weight is 446 g/mol. The number of carbonyl (C=O) groups is 2. The quantitative estimate of drug-likeness (QED) is 0.601. The summed E-state index contributed by atoms with van der Waals surface area (Å²) in [6.45, 7) is 1.81. The van der Waals surface area contributed by atoms with Gasteiger partial charge in [0.1, 0.15) is 0 Å². The Balaban J connectivity index is 1.49. The van der Waals surface area contributed by atoms with E-state index < -0.39 is 16.1 Å². The maximum atomic E-state index is 12.4. The smallest absolute Gasteiger partial charge is 0.328 e. The maximum Gasteiger partial charge on any atom is 0.328 e. The van der Waals surface area contributed by atoms with Gasteiger partial charge in [-0.15, -0.1) is 0 Å². The molecule has 31 heavy (non-hydrogen) atoms. The first-order chi connectivity index (χ1) is 14.8. The van der Waals surface area contributed by atoms with Gasteiger partial charge in [-0.3, -0.25) is 9.78 Å². The summed E-state index contributed by atoms with van der Waals surface area (Å²) in [5, 5.41) is 5.40. The number of anilines is 1. The molecule has 10 heteroatoms. The van der Waals surface area contributed by atoms with E-state index in [-0.39, 0.29) is 23.3 Å². The van der Waals surface area contributed by atoms with Crippen LogP contribution in [0.15, 0.2) is 41.6 Å². The molecule has 9 nitrogen and oxygen atoms in total. The van der Waals surface area contributed by atoms with Crippen molar-refractivity contribution in [1.82, 2.24) is 20.0 Å². The molecule has 1 aliphatic carbocycles. The number of aromatic nitrogens is 2. The lowest BCUT2D eigenvalue weighted by Gasteiger charge is -2.22. The van der Waals surface area contributed by atoms with Crippen molar-refractivity contribution in [2.24, 2.45) is 0 Å². The molecule has 0 unspecified atom stereocenters. The van der Waals surface area contributed by atoms with E-state index in [0.29, 0.717) is 12.2 Å². The van der Waals surface area contributed by atoms with Crippen LogP contribution in [0.4, 0.5) is 10.6 Å². The molecule has 1 fully saturated rings. The van der Waals surface area contributed by atoms with Crippen LogP contribution in [0.25, 0.3) is 0 Å². The number of aryl methyl sites for hydroxylation is 2. The number of carbonyl (C=O) groups excluding carboxylic acids is 2. The number of nitrogens with zero attached hydrogens (tertiary/aromatic N) is 2. The lowest BCUT2D eigenvalue weighted by atomic mass is 9.96. The van der Waals surface area contributed by atoms with Crippen LogP contribution >= 0.6 is 0 Å². The molecule has 0 saturated heterocycles. The Labute approximate surface area is 182 Å². The zero-order valence-corrected chi connectivity index (χ0v) is 18.2. The summed E-state index contributed by atoms with van der Waals surface area (Å²) in [6.07, 6.45) is 8.66. The van der Waals surface area contributed by atoms with E-state index in [9.17, 15) is 18.0 Å². The maximum absolute atomic E-state index is 12.4. The highest BCUT2D eigenvalue weighted by molar-refractivity contribution is 7.90. The third-order valence-corrected chi connectivity index (χ3v) is 6.44. The molecular weight excluding hydrogens is 418 g/mol. The van der Waals surface area contributed by atoms with Crippen LogP contribution in [0.2, 0.25) is 0 Å². The molecule has 1 saturated carbocycles. The zero-order chi connectivity index (χ0) is 22.3. The van der Waals surface area contributed by atoms with Gasteiger partial charge in [0.2, 0.25) is 5.91 Å². The normalized spacial score (nSPS) is 14.6. The minimum atomic E-state index is -3.96. The summed E-state index contributed by atoms with van der Waals surface area (Å²) in [5.74, 6) is 0.172. The van der Waals surface area contributed by atoms with E-state index >= 15 is 0 Å². The summed E-state index contributed by atoms with van der Waals surface area (Å²) >= 11 is 0. The second kappa shape index (κ2) is 10.3. The van der Waals surface area contributed by atoms with E-state index in [2.05, 4.69) is 25.3 Å². The van der Waals surface area contributed by atoms with Gasteiger partial charge in [0.25, 0.3) is 10.0 Å². The van der Waals surface area contributed by atoms with Crippen LogP contribution in [0, 0.1) is 6.92 Å². The predicted molar refractivity (Wildman–Crippen MR) is 116 cm³/mol. The third kappa shape index (κ3) is 7.02. The van der Waals surface area contributed by atoms with Crippen LogP contribution < -0.4 is 15.4 Å². The van der Waals surface area contributed by atoms with Crippen LogP contribution in [0.1, 0.15) is 49.8 Å². The summed E-state index contributed by atoms with van der Waals surface area (Å²) < 4.78 is 26.9. The number of hydrogen-bond donors (Lipinski definition) is 3. The SMILES string of the molecule is Cc1cnc(NC(=O)CCc2ccc(S(=O)(=O)NC(=O)NC3CCCCC3)cc2)cn1. The fourth-order valence-electron chi connectivity index (χ4n) is 3.40. The summed E-state index contributed by atoms with van der Waals surface area (Å²) in [6, 6.07) is 5.43. The Bertz CT molecular complexity index is 1000. The lowest BCUT2D eigenvalue weighted by molar-refractivity contribution is -0.116. The van der Waals surface area contributed by atoms with Crippen molar-refractivity contribution in [3.63, 3.8) is 0 Å². The Morgan fingerprint density at radius 2 is 1.74 bits per heavy atom. The first kappa shape index (κ1) is 22.7. The Hall–Kier alpha value is -3.01. The van der Waals surface area contributed by atoms with E-state index in [1.165, 1.54) is 18.3 Å². The molecule has 1 aromatic carbocycles. The largest absolute Gasteiger partial charge is 0.335 e. The van der Waals surface area contributed by atoms with E-state index in [1.54, 1.807) is 25.3 Å². The molecule has 0 radical (unpaired) electrons. The molecule has 166 valence electrons. The van der Waals surface area contributed by atoms with Crippen molar-refractivity contribution < 1.29 is 18.0 Å². The van der Waals surface area contributed by atoms with Crippen molar-refractivity contribution in [2.75, 3.05) is 5.32 Å². The average Bonchev–Trinajstić information content (AvgIpc) is 2.74. The summed E-state index contributed by atoms with van der Waals surface area (Å²) in [5.41, 5.74) is 1.56. The Morgan fingerprint density at radius 3 is 2.39 bits per heavy atom. The molecule has 0 atom stereocenters. The molecule has 2 aromatic rings. The van der Waals surface area contributed by atoms with Gasteiger partial charge in [0.05, 0.1) is 23.0 Å². The molecule has 0 aliphatic heterocycles. The number of amides is 3. The van der Waals surface area contributed by atoms with Gasteiger partial charge in [-0.2, -0.15) is 0 Å². The minimum absolute atomic E-state index is 0.00516. The number of nitrogens with one attached hydrogen (secondary N) is 3. The van der Waals surface area contributed by atoms with Crippen molar-refractivity contribution in [3.8, 4) is 0 Å².